The number of anilines is 2. The fraction of sp³-hybridized carbons (Fsp3) is 0.0500. The van der Waals surface area contributed by atoms with E-state index in [9.17, 15) is 13.6 Å². The first-order chi connectivity index (χ1) is 12.1. The molecule has 0 heterocycles. The van der Waals surface area contributed by atoms with E-state index >= 15 is 0 Å². The van der Waals surface area contributed by atoms with Gasteiger partial charge in [-0.3, -0.25) is 4.90 Å². The normalized spacial score (nSPS) is 10.3. The molecule has 3 aromatic rings. The van der Waals surface area contributed by atoms with Crippen LogP contribution in [-0.2, 0) is 6.54 Å². The molecule has 3 aromatic carbocycles. The minimum Gasteiger partial charge on any atom is -0.302 e. The van der Waals surface area contributed by atoms with Crippen LogP contribution in [0.15, 0.2) is 78.9 Å². The van der Waals surface area contributed by atoms with Crippen molar-refractivity contribution < 1.29 is 13.6 Å². The number of para-hydroxylation sites is 2. The highest BCUT2D eigenvalue weighted by atomic mass is 19.1. The maximum atomic E-state index is 13.8. The van der Waals surface area contributed by atoms with Crippen LogP contribution >= 0.6 is 0 Å². The number of nitrogens with one attached hydrogen (secondary N) is 1. The van der Waals surface area contributed by atoms with Gasteiger partial charge in [0.15, 0.2) is 0 Å². The molecule has 0 aliphatic carbocycles. The second-order valence-electron chi connectivity index (χ2n) is 5.43. The van der Waals surface area contributed by atoms with E-state index in [1.54, 1.807) is 24.3 Å². The molecule has 0 spiro atoms. The van der Waals surface area contributed by atoms with Crippen molar-refractivity contribution in [3.63, 3.8) is 0 Å². The van der Waals surface area contributed by atoms with Gasteiger partial charge >= 0.3 is 6.03 Å². The summed E-state index contributed by atoms with van der Waals surface area (Å²) in [4.78, 5) is 14.1. The summed E-state index contributed by atoms with van der Waals surface area (Å²) in [6.07, 6.45) is 0. The molecule has 0 unspecified atom stereocenters. The number of hydrogen-bond acceptors (Lipinski definition) is 1. The van der Waals surface area contributed by atoms with Crippen molar-refractivity contribution in [1.82, 2.24) is 0 Å². The molecule has 5 heteroatoms. The maximum absolute atomic E-state index is 13.8. The van der Waals surface area contributed by atoms with Crippen molar-refractivity contribution in [2.24, 2.45) is 0 Å². The lowest BCUT2D eigenvalue weighted by Gasteiger charge is -2.23. The predicted octanol–water partition coefficient (Wildman–Crippen LogP) is 5.20. The minimum atomic E-state index is -0.818. The van der Waals surface area contributed by atoms with Crippen LogP contribution in [0.3, 0.4) is 0 Å². The van der Waals surface area contributed by atoms with Gasteiger partial charge in [-0.05, 0) is 29.8 Å². The first-order valence-corrected chi connectivity index (χ1v) is 7.76. The van der Waals surface area contributed by atoms with Crippen LogP contribution in [0.1, 0.15) is 5.56 Å². The summed E-state index contributed by atoms with van der Waals surface area (Å²) < 4.78 is 27.7. The number of carbonyl (C=O) groups is 1. The first-order valence-electron chi connectivity index (χ1n) is 7.76. The second kappa shape index (κ2) is 7.57. The molecule has 1 N–H and O–H groups in total. The van der Waals surface area contributed by atoms with Gasteiger partial charge in [0.05, 0.1) is 6.54 Å². The van der Waals surface area contributed by atoms with E-state index in [2.05, 4.69) is 5.32 Å². The smallest absolute Gasteiger partial charge is 0.302 e. The quantitative estimate of drug-likeness (QED) is 0.696. The van der Waals surface area contributed by atoms with Crippen molar-refractivity contribution in [2.45, 2.75) is 6.54 Å². The Kier molecular flexibility index (Phi) is 5.04. The maximum Gasteiger partial charge on any atom is 0.326 e. The molecule has 0 aromatic heterocycles. The highest BCUT2D eigenvalue weighted by Crippen LogP contribution is 2.22. The average molecular weight is 338 g/mol. The van der Waals surface area contributed by atoms with Gasteiger partial charge in [-0.2, -0.15) is 0 Å². The molecule has 0 saturated heterocycles. The minimum absolute atomic E-state index is 0.271. The molecule has 0 bridgehead atoms. The van der Waals surface area contributed by atoms with Gasteiger partial charge in [-0.1, -0.05) is 54.6 Å². The number of halogens is 2. The zero-order valence-electron chi connectivity index (χ0n) is 13.3. The van der Waals surface area contributed by atoms with Crippen molar-refractivity contribution in [3.05, 3.63) is 96.1 Å². The number of amides is 2. The van der Waals surface area contributed by atoms with E-state index in [0.29, 0.717) is 5.69 Å². The summed E-state index contributed by atoms with van der Waals surface area (Å²) >= 11 is 0. The lowest BCUT2D eigenvalue weighted by Crippen LogP contribution is -2.35. The molecule has 0 fully saturated rings. The fourth-order valence-electron chi connectivity index (χ4n) is 2.45. The van der Waals surface area contributed by atoms with E-state index in [-0.39, 0.29) is 6.54 Å². The van der Waals surface area contributed by atoms with E-state index in [0.717, 1.165) is 17.7 Å². The van der Waals surface area contributed by atoms with Gasteiger partial charge in [-0.15, -0.1) is 0 Å². The van der Waals surface area contributed by atoms with Crippen LogP contribution in [0, 0.1) is 11.6 Å². The summed E-state index contributed by atoms with van der Waals surface area (Å²) in [6.45, 7) is 0.271. The number of rotatable bonds is 4. The number of benzene rings is 3. The Morgan fingerprint density at radius 2 is 1.36 bits per heavy atom. The van der Waals surface area contributed by atoms with Crippen molar-refractivity contribution in [3.8, 4) is 0 Å². The molecule has 126 valence electrons. The summed E-state index contributed by atoms with van der Waals surface area (Å²) in [5.74, 6) is -1.64. The van der Waals surface area contributed by atoms with Gasteiger partial charge < -0.3 is 5.32 Å². The molecular weight excluding hydrogens is 322 g/mol. The molecule has 2 amide bonds. The molecule has 0 aliphatic heterocycles. The molecule has 3 rings (SSSR count). The zero-order valence-corrected chi connectivity index (χ0v) is 13.3. The Labute approximate surface area is 144 Å². The highest BCUT2D eigenvalue weighted by molar-refractivity contribution is 6.01. The average Bonchev–Trinajstić information content (AvgIpc) is 2.64. The topological polar surface area (TPSA) is 32.3 Å². The molecule has 0 aliphatic rings. The lowest BCUT2D eigenvalue weighted by atomic mass is 10.2. The van der Waals surface area contributed by atoms with Crippen molar-refractivity contribution in [2.75, 3.05) is 10.2 Å². The van der Waals surface area contributed by atoms with Crippen LogP contribution in [-0.4, -0.2) is 6.03 Å². The summed E-state index contributed by atoms with van der Waals surface area (Å²) in [7, 11) is 0. The number of nitrogens with zero attached hydrogens (tertiary/aromatic N) is 1. The second-order valence-corrected chi connectivity index (χ2v) is 5.43. The number of hydrogen-bond donors (Lipinski definition) is 1. The monoisotopic (exact) mass is 338 g/mol. The molecule has 3 nitrogen and oxygen atoms in total. The third kappa shape index (κ3) is 4.01. The Balaban J connectivity index is 1.90. The van der Waals surface area contributed by atoms with Crippen LogP contribution in [0.5, 0.6) is 0 Å². The summed E-state index contributed by atoms with van der Waals surface area (Å²) in [5.41, 5.74) is 1.07. The van der Waals surface area contributed by atoms with E-state index in [1.807, 2.05) is 36.4 Å². The zero-order chi connectivity index (χ0) is 17.6. The standard InChI is InChI=1S/C20H16F2N2O/c21-17-12-7-13-18(22)19(17)23-20(25)24(16-10-5-2-6-11-16)14-15-8-3-1-4-9-15/h1-13H,14H2,(H,23,25). The van der Waals surface area contributed by atoms with Crippen molar-refractivity contribution in [1.29, 1.82) is 0 Å². The predicted molar refractivity (Wildman–Crippen MR) is 94.4 cm³/mol. The lowest BCUT2D eigenvalue weighted by molar-refractivity contribution is 0.256. The van der Waals surface area contributed by atoms with Crippen LogP contribution in [0.4, 0.5) is 25.0 Å². The Bertz CT molecular complexity index is 834. The number of urea groups is 1. The molecule has 0 saturated carbocycles. The van der Waals surface area contributed by atoms with Crippen LogP contribution in [0.25, 0.3) is 0 Å². The highest BCUT2D eigenvalue weighted by Gasteiger charge is 2.19. The SMILES string of the molecule is O=C(Nc1c(F)cccc1F)N(Cc1ccccc1)c1ccccc1. The van der Waals surface area contributed by atoms with E-state index < -0.39 is 23.4 Å². The summed E-state index contributed by atoms with van der Waals surface area (Å²) in [6, 6.07) is 21.2. The molecule has 0 atom stereocenters. The van der Waals surface area contributed by atoms with Crippen molar-refractivity contribution >= 4 is 17.4 Å². The first kappa shape index (κ1) is 16.6. The van der Waals surface area contributed by atoms with E-state index in [1.165, 1.54) is 11.0 Å². The van der Waals surface area contributed by atoms with Gasteiger partial charge in [0.25, 0.3) is 0 Å². The van der Waals surface area contributed by atoms with Gasteiger partial charge in [-0.25, -0.2) is 13.6 Å². The fourth-order valence-corrected chi connectivity index (χ4v) is 2.45. The van der Waals surface area contributed by atoms with Gasteiger partial charge in [0.2, 0.25) is 0 Å². The van der Waals surface area contributed by atoms with E-state index in [4.69, 9.17) is 0 Å². The Morgan fingerprint density at radius 3 is 1.96 bits per heavy atom. The largest absolute Gasteiger partial charge is 0.326 e. The molecule has 25 heavy (non-hydrogen) atoms. The Morgan fingerprint density at radius 1 is 0.800 bits per heavy atom. The molecule has 0 radical (unpaired) electrons. The van der Waals surface area contributed by atoms with Gasteiger partial charge in [0, 0.05) is 5.69 Å². The Hall–Kier alpha value is -3.21. The third-order valence-electron chi connectivity index (χ3n) is 3.69. The third-order valence-corrected chi connectivity index (χ3v) is 3.69. The van der Waals surface area contributed by atoms with Gasteiger partial charge in [0.1, 0.15) is 17.3 Å². The molecular formula is C20H16F2N2O. The van der Waals surface area contributed by atoms with Crippen LogP contribution in [0.2, 0.25) is 0 Å². The summed E-state index contributed by atoms with van der Waals surface area (Å²) in [5, 5.41) is 2.33. The number of carbonyl (C=O) groups excluding carboxylic acids is 1. The van der Waals surface area contributed by atoms with Crippen LogP contribution < -0.4 is 10.2 Å².